The zero-order valence-electron chi connectivity index (χ0n) is 10.6. The lowest BCUT2D eigenvalue weighted by molar-refractivity contribution is 0.549. The van der Waals surface area contributed by atoms with Crippen LogP contribution in [0.15, 0.2) is 36.7 Å². The van der Waals surface area contributed by atoms with E-state index >= 15 is 0 Å². The molecule has 0 unspecified atom stereocenters. The minimum absolute atomic E-state index is 0.339. The molecule has 0 saturated heterocycles. The van der Waals surface area contributed by atoms with Crippen LogP contribution in [0.5, 0.6) is 0 Å². The van der Waals surface area contributed by atoms with E-state index in [9.17, 15) is 0 Å². The summed E-state index contributed by atoms with van der Waals surface area (Å²) in [4.78, 5) is 4.30. The number of hydrogen-bond donors (Lipinski definition) is 1. The summed E-state index contributed by atoms with van der Waals surface area (Å²) in [6, 6.07) is 8.93. The van der Waals surface area contributed by atoms with Gasteiger partial charge in [-0.05, 0) is 19.4 Å². The van der Waals surface area contributed by atoms with E-state index < -0.39 is 0 Å². The molecule has 90 valence electrons. The molecule has 0 aliphatic rings. The number of imidazole rings is 1. The van der Waals surface area contributed by atoms with Crippen molar-refractivity contribution in [2.24, 2.45) is 7.05 Å². The molecule has 0 saturated carbocycles. The van der Waals surface area contributed by atoms with E-state index in [4.69, 9.17) is 0 Å². The van der Waals surface area contributed by atoms with Crippen LogP contribution in [0.25, 0.3) is 0 Å². The molecule has 0 aliphatic heterocycles. The third-order valence-corrected chi connectivity index (χ3v) is 3.03. The predicted octanol–water partition coefficient (Wildman–Crippen LogP) is 2.58. The Morgan fingerprint density at radius 1 is 1.41 bits per heavy atom. The van der Waals surface area contributed by atoms with Gasteiger partial charge in [0.15, 0.2) is 0 Å². The summed E-state index contributed by atoms with van der Waals surface area (Å²) in [7, 11) is 2.02. The van der Waals surface area contributed by atoms with E-state index in [1.807, 2.05) is 24.0 Å². The Balaban J connectivity index is 1.98. The molecule has 1 heterocycles. The van der Waals surface area contributed by atoms with E-state index in [2.05, 4.69) is 48.4 Å². The number of benzene rings is 1. The van der Waals surface area contributed by atoms with E-state index in [1.165, 1.54) is 11.1 Å². The summed E-state index contributed by atoms with van der Waals surface area (Å²) in [6.45, 7) is 5.09. The third-order valence-electron chi connectivity index (χ3n) is 3.03. The lowest BCUT2D eigenvalue weighted by Gasteiger charge is -2.14. The van der Waals surface area contributed by atoms with Gasteiger partial charge in [0.1, 0.15) is 5.82 Å². The molecule has 2 rings (SSSR count). The summed E-state index contributed by atoms with van der Waals surface area (Å²) in [5, 5.41) is 3.49. The fourth-order valence-electron chi connectivity index (χ4n) is 1.87. The van der Waals surface area contributed by atoms with Gasteiger partial charge in [-0.2, -0.15) is 0 Å². The number of nitrogens with one attached hydrogen (secondary N) is 1. The average Bonchev–Trinajstić information content (AvgIpc) is 2.72. The zero-order chi connectivity index (χ0) is 12.3. The number of rotatable bonds is 4. The Labute approximate surface area is 103 Å². The van der Waals surface area contributed by atoms with Crippen molar-refractivity contribution in [3.63, 3.8) is 0 Å². The molecule has 0 aliphatic carbocycles. The first-order valence-electron chi connectivity index (χ1n) is 5.93. The van der Waals surface area contributed by atoms with Crippen LogP contribution in [0, 0.1) is 6.92 Å². The molecule has 3 heteroatoms. The standard InChI is InChI=1S/C14H19N3/c1-11-5-4-6-13(9-11)12(2)16-10-14-15-7-8-17(14)3/h4-9,12,16H,10H2,1-3H3/t12-/m1/s1. The molecule has 1 aromatic carbocycles. The first-order valence-corrected chi connectivity index (χ1v) is 5.93. The van der Waals surface area contributed by atoms with Crippen molar-refractivity contribution in [1.29, 1.82) is 0 Å². The van der Waals surface area contributed by atoms with Crippen molar-refractivity contribution >= 4 is 0 Å². The highest BCUT2D eigenvalue weighted by atomic mass is 15.1. The molecule has 3 nitrogen and oxygen atoms in total. The molecule has 17 heavy (non-hydrogen) atoms. The Morgan fingerprint density at radius 2 is 2.24 bits per heavy atom. The Bertz CT molecular complexity index is 488. The van der Waals surface area contributed by atoms with Gasteiger partial charge in [-0.1, -0.05) is 29.8 Å². The molecule has 0 amide bonds. The summed E-state index contributed by atoms with van der Waals surface area (Å²) in [5.74, 6) is 1.06. The lowest BCUT2D eigenvalue weighted by Crippen LogP contribution is -2.20. The molecule has 0 spiro atoms. The number of nitrogens with zero attached hydrogens (tertiary/aromatic N) is 2. The van der Waals surface area contributed by atoms with Gasteiger partial charge in [0.25, 0.3) is 0 Å². The Kier molecular flexibility index (Phi) is 3.59. The minimum Gasteiger partial charge on any atom is -0.337 e. The maximum atomic E-state index is 4.30. The van der Waals surface area contributed by atoms with E-state index in [-0.39, 0.29) is 0 Å². The monoisotopic (exact) mass is 229 g/mol. The largest absolute Gasteiger partial charge is 0.337 e. The summed E-state index contributed by atoms with van der Waals surface area (Å²) in [6.07, 6.45) is 3.79. The van der Waals surface area contributed by atoms with E-state index in [0.717, 1.165) is 12.4 Å². The molecule has 1 atom stereocenters. The normalized spacial score (nSPS) is 12.6. The van der Waals surface area contributed by atoms with Crippen LogP contribution in [0.2, 0.25) is 0 Å². The highest BCUT2D eigenvalue weighted by molar-refractivity contribution is 5.24. The summed E-state index contributed by atoms with van der Waals surface area (Å²) >= 11 is 0. The average molecular weight is 229 g/mol. The van der Waals surface area contributed by atoms with E-state index in [0.29, 0.717) is 6.04 Å². The van der Waals surface area contributed by atoms with Gasteiger partial charge < -0.3 is 9.88 Å². The van der Waals surface area contributed by atoms with Gasteiger partial charge in [0.05, 0.1) is 6.54 Å². The maximum absolute atomic E-state index is 4.30. The lowest BCUT2D eigenvalue weighted by atomic mass is 10.1. The molecular formula is C14H19N3. The zero-order valence-corrected chi connectivity index (χ0v) is 10.6. The van der Waals surface area contributed by atoms with Crippen LogP contribution >= 0.6 is 0 Å². The minimum atomic E-state index is 0.339. The van der Waals surface area contributed by atoms with Crippen molar-refractivity contribution in [2.45, 2.75) is 26.4 Å². The quantitative estimate of drug-likeness (QED) is 0.873. The van der Waals surface area contributed by atoms with Gasteiger partial charge >= 0.3 is 0 Å². The van der Waals surface area contributed by atoms with E-state index in [1.54, 1.807) is 0 Å². The SMILES string of the molecule is Cc1cccc([C@@H](C)NCc2nccn2C)c1. The Morgan fingerprint density at radius 3 is 2.88 bits per heavy atom. The molecule has 1 N–H and O–H groups in total. The first-order chi connectivity index (χ1) is 8.16. The van der Waals surface area contributed by atoms with Crippen molar-refractivity contribution in [1.82, 2.24) is 14.9 Å². The molecule has 2 aromatic rings. The van der Waals surface area contributed by atoms with Crippen molar-refractivity contribution < 1.29 is 0 Å². The third kappa shape index (κ3) is 2.94. The second-order valence-corrected chi connectivity index (χ2v) is 4.47. The van der Waals surface area contributed by atoms with Crippen molar-refractivity contribution in [3.05, 3.63) is 53.6 Å². The number of aromatic nitrogens is 2. The van der Waals surface area contributed by atoms with Crippen molar-refractivity contribution in [3.8, 4) is 0 Å². The molecule has 1 aromatic heterocycles. The van der Waals surface area contributed by atoms with Gasteiger partial charge in [-0.15, -0.1) is 0 Å². The fourth-order valence-corrected chi connectivity index (χ4v) is 1.87. The van der Waals surface area contributed by atoms with Crippen molar-refractivity contribution in [2.75, 3.05) is 0 Å². The summed E-state index contributed by atoms with van der Waals surface area (Å²) < 4.78 is 2.04. The maximum Gasteiger partial charge on any atom is 0.122 e. The van der Waals surface area contributed by atoms with Crippen LogP contribution in [0.4, 0.5) is 0 Å². The van der Waals surface area contributed by atoms with Gasteiger partial charge in [-0.25, -0.2) is 4.98 Å². The topological polar surface area (TPSA) is 29.9 Å². The number of hydrogen-bond acceptors (Lipinski definition) is 2. The smallest absolute Gasteiger partial charge is 0.122 e. The van der Waals surface area contributed by atoms with Gasteiger partial charge in [0, 0.05) is 25.5 Å². The van der Waals surface area contributed by atoms with Crippen LogP contribution in [-0.4, -0.2) is 9.55 Å². The van der Waals surface area contributed by atoms with Crippen LogP contribution in [0.3, 0.4) is 0 Å². The van der Waals surface area contributed by atoms with Crippen LogP contribution in [-0.2, 0) is 13.6 Å². The fraction of sp³-hybridized carbons (Fsp3) is 0.357. The highest BCUT2D eigenvalue weighted by Crippen LogP contribution is 2.14. The van der Waals surface area contributed by atoms with Crippen LogP contribution < -0.4 is 5.32 Å². The van der Waals surface area contributed by atoms with Gasteiger partial charge in [0.2, 0.25) is 0 Å². The highest BCUT2D eigenvalue weighted by Gasteiger charge is 2.06. The first kappa shape index (κ1) is 11.9. The number of aryl methyl sites for hydroxylation is 2. The molecule has 0 bridgehead atoms. The van der Waals surface area contributed by atoms with Gasteiger partial charge in [-0.3, -0.25) is 0 Å². The predicted molar refractivity (Wildman–Crippen MR) is 69.6 cm³/mol. The summed E-state index contributed by atoms with van der Waals surface area (Å²) in [5.41, 5.74) is 2.62. The molecule has 0 radical (unpaired) electrons. The molecular weight excluding hydrogens is 210 g/mol. The molecule has 0 fully saturated rings. The second kappa shape index (κ2) is 5.15. The second-order valence-electron chi connectivity index (χ2n) is 4.47. The Hall–Kier alpha value is -1.61. The van der Waals surface area contributed by atoms with Crippen LogP contribution in [0.1, 0.15) is 29.9 Å².